The lowest BCUT2D eigenvalue weighted by Gasteiger charge is -2.14. The van der Waals surface area contributed by atoms with E-state index in [1.807, 2.05) is 0 Å². The van der Waals surface area contributed by atoms with E-state index in [-0.39, 0.29) is 6.79 Å². The Morgan fingerprint density at radius 3 is 3.06 bits per heavy atom. The maximum absolute atomic E-state index is 11.2. The highest BCUT2D eigenvalue weighted by molar-refractivity contribution is 6.32. The predicted octanol–water partition coefficient (Wildman–Crippen LogP) is 1.97. The highest BCUT2D eigenvalue weighted by Crippen LogP contribution is 2.41. The summed E-state index contributed by atoms with van der Waals surface area (Å²) in [6.45, 7) is 4.01. The van der Waals surface area contributed by atoms with Crippen LogP contribution < -0.4 is 14.8 Å². The van der Waals surface area contributed by atoms with Crippen LogP contribution in [0.2, 0.25) is 5.02 Å². The molecule has 18 heavy (non-hydrogen) atoms. The Balaban J connectivity index is 2.33. The number of carboxylic acids is 1. The van der Waals surface area contributed by atoms with Crippen LogP contribution in [0, 0.1) is 0 Å². The molecule has 5 nitrogen and oxygen atoms in total. The van der Waals surface area contributed by atoms with Gasteiger partial charge in [0.2, 0.25) is 6.79 Å². The Kier molecular flexibility index (Phi) is 3.74. The van der Waals surface area contributed by atoms with Crippen molar-refractivity contribution in [2.45, 2.75) is 6.04 Å². The van der Waals surface area contributed by atoms with Crippen molar-refractivity contribution >= 4 is 17.6 Å². The van der Waals surface area contributed by atoms with Gasteiger partial charge in [-0.1, -0.05) is 17.7 Å². The Morgan fingerprint density at radius 2 is 2.39 bits per heavy atom. The summed E-state index contributed by atoms with van der Waals surface area (Å²) in [7, 11) is 0. The van der Waals surface area contributed by atoms with E-state index in [1.165, 1.54) is 0 Å². The Bertz CT molecular complexity index is 489. The van der Waals surface area contributed by atoms with Crippen molar-refractivity contribution in [1.29, 1.82) is 0 Å². The average Bonchev–Trinajstić information content (AvgIpc) is 2.78. The van der Waals surface area contributed by atoms with E-state index in [2.05, 4.69) is 11.9 Å². The van der Waals surface area contributed by atoms with E-state index in [1.54, 1.807) is 18.2 Å². The van der Waals surface area contributed by atoms with E-state index in [0.717, 1.165) is 0 Å². The molecule has 1 unspecified atom stereocenters. The monoisotopic (exact) mass is 269 g/mol. The molecule has 6 heteroatoms. The minimum absolute atomic E-state index is 0.0936. The highest BCUT2D eigenvalue weighted by Gasteiger charge is 2.24. The largest absolute Gasteiger partial charge is 0.480 e. The fraction of sp³-hybridized carbons (Fsp3) is 0.250. The molecule has 1 heterocycles. The van der Waals surface area contributed by atoms with Crippen molar-refractivity contribution in [2.75, 3.05) is 13.3 Å². The van der Waals surface area contributed by atoms with Crippen molar-refractivity contribution in [3.05, 3.63) is 35.4 Å². The minimum Gasteiger partial charge on any atom is -0.480 e. The number of ether oxygens (including phenoxy) is 2. The summed E-state index contributed by atoms with van der Waals surface area (Å²) in [5, 5.41) is 12.4. The van der Waals surface area contributed by atoms with E-state index < -0.39 is 12.0 Å². The highest BCUT2D eigenvalue weighted by atomic mass is 35.5. The van der Waals surface area contributed by atoms with Crippen molar-refractivity contribution in [3.63, 3.8) is 0 Å². The van der Waals surface area contributed by atoms with Crippen LogP contribution in [0.5, 0.6) is 11.5 Å². The molecule has 0 bridgehead atoms. The summed E-state index contributed by atoms with van der Waals surface area (Å²) < 4.78 is 10.4. The molecular formula is C12H12ClNO4. The maximum Gasteiger partial charge on any atom is 0.325 e. The molecule has 1 aromatic rings. The second-order valence-electron chi connectivity index (χ2n) is 3.70. The molecule has 0 amide bonds. The lowest BCUT2D eigenvalue weighted by Crippen LogP contribution is -2.28. The first-order valence-electron chi connectivity index (χ1n) is 5.29. The normalized spacial score (nSPS) is 14.3. The van der Waals surface area contributed by atoms with Crippen LogP contribution in [-0.4, -0.2) is 24.4 Å². The van der Waals surface area contributed by atoms with Gasteiger partial charge in [0.15, 0.2) is 11.5 Å². The molecule has 1 atom stereocenters. The maximum atomic E-state index is 11.2. The molecule has 0 spiro atoms. The van der Waals surface area contributed by atoms with Gasteiger partial charge in [0.1, 0.15) is 6.04 Å². The fourth-order valence-corrected chi connectivity index (χ4v) is 1.98. The first kappa shape index (κ1) is 12.7. The predicted molar refractivity (Wildman–Crippen MR) is 66.2 cm³/mol. The van der Waals surface area contributed by atoms with Gasteiger partial charge in [-0.3, -0.25) is 10.1 Å². The van der Waals surface area contributed by atoms with Crippen molar-refractivity contribution in [3.8, 4) is 11.5 Å². The number of hydrogen-bond acceptors (Lipinski definition) is 4. The first-order valence-corrected chi connectivity index (χ1v) is 5.67. The fourth-order valence-electron chi connectivity index (χ4n) is 1.70. The molecule has 0 fully saturated rings. The van der Waals surface area contributed by atoms with Crippen LogP contribution in [0.4, 0.5) is 0 Å². The standard InChI is InChI=1S/C12H12ClNO4/c1-2-3-14-10(12(15)16)7-4-8(13)11-9(5-7)17-6-18-11/h2,4-5,10,14H,1,3,6H2,(H,15,16). The van der Waals surface area contributed by atoms with Gasteiger partial charge in [-0.2, -0.15) is 0 Å². The molecule has 1 aliphatic heterocycles. The molecule has 96 valence electrons. The number of carbonyl (C=O) groups is 1. The number of hydrogen-bond donors (Lipinski definition) is 2. The third-order valence-electron chi connectivity index (χ3n) is 2.50. The van der Waals surface area contributed by atoms with Crippen LogP contribution >= 0.6 is 11.6 Å². The number of carboxylic acid groups (broad SMARTS) is 1. The van der Waals surface area contributed by atoms with Gasteiger partial charge in [-0.15, -0.1) is 6.58 Å². The van der Waals surface area contributed by atoms with Crippen molar-refractivity contribution in [1.82, 2.24) is 5.32 Å². The second-order valence-corrected chi connectivity index (χ2v) is 4.11. The second kappa shape index (κ2) is 5.29. The average molecular weight is 270 g/mol. The Morgan fingerprint density at radius 1 is 1.61 bits per heavy atom. The Labute approximate surface area is 109 Å². The number of fused-ring (bicyclic) bond motifs is 1. The van der Waals surface area contributed by atoms with Gasteiger partial charge in [0.25, 0.3) is 0 Å². The van der Waals surface area contributed by atoms with E-state index in [0.29, 0.717) is 28.6 Å². The molecule has 0 aliphatic carbocycles. The number of rotatable bonds is 5. The molecule has 2 rings (SSSR count). The molecule has 1 aliphatic rings. The van der Waals surface area contributed by atoms with Crippen LogP contribution in [0.3, 0.4) is 0 Å². The van der Waals surface area contributed by atoms with Crippen molar-refractivity contribution in [2.24, 2.45) is 0 Å². The van der Waals surface area contributed by atoms with Crippen LogP contribution in [0.15, 0.2) is 24.8 Å². The summed E-state index contributed by atoms with van der Waals surface area (Å²) in [6, 6.07) is 2.31. The molecule has 1 aromatic carbocycles. The summed E-state index contributed by atoms with van der Waals surface area (Å²) in [5.41, 5.74) is 0.513. The number of nitrogens with one attached hydrogen (secondary N) is 1. The third-order valence-corrected chi connectivity index (χ3v) is 2.78. The van der Waals surface area contributed by atoms with Gasteiger partial charge in [0.05, 0.1) is 5.02 Å². The van der Waals surface area contributed by atoms with E-state index >= 15 is 0 Å². The zero-order chi connectivity index (χ0) is 13.1. The third kappa shape index (κ3) is 2.42. The lowest BCUT2D eigenvalue weighted by molar-refractivity contribution is -0.139. The van der Waals surface area contributed by atoms with E-state index in [4.69, 9.17) is 21.1 Å². The molecule has 0 saturated heterocycles. The SMILES string of the molecule is C=CCNC(C(=O)O)c1cc(Cl)c2c(c1)OCO2. The van der Waals surface area contributed by atoms with Gasteiger partial charge in [0, 0.05) is 6.54 Å². The van der Waals surface area contributed by atoms with Crippen LogP contribution in [0.1, 0.15) is 11.6 Å². The smallest absolute Gasteiger partial charge is 0.325 e. The molecular weight excluding hydrogens is 258 g/mol. The number of benzene rings is 1. The zero-order valence-corrected chi connectivity index (χ0v) is 10.2. The van der Waals surface area contributed by atoms with Crippen molar-refractivity contribution < 1.29 is 19.4 Å². The molecule has 2 N–H and O–H groups in total. The summed E-state index contributed by atoms with van der Waals surface area (Å²) >= 11 is 6.01. The van der Waals surface area contributed by atoms with Crippen LogP contribution in [0.25, 0.3) is 0 Å². The Hall–Kier alpha value is -1.72. The van der Waals surface area contributed by atoms with Gasteiger partial charge in [-0.25, -0.2) is 0 Å². The summed E-state index contributed by atoms with van der Waals surface area (Å²) in [4.78, 5) is 11.2. The number of aliphatic carboxylic acids is 1. The lowest BCUT2D eigenvalue weighted by atomic mass is 10.1. The van der Waals surface area contributed by atoms with Crippen LogP contribution in [-0.2, 0) is 4.79 Å². The van der Waals surface area contributed by atoms with Gasteiger partial charge >= 0.3 is 5.97 Å². The molecule has 0 saturated carbocycles. The van der Waals surface area contributed by atoms with E-state index in [9.17, 15) is 9.90 Å². The van der Waals surface area contributed by atoms with Gasteiger partial charge in [-0.05, 0) is 17.7 Å². The minimum atomic E-state index is -0.994. The number of halogens is 1. The topological polar surface area (TPSA) is 67.8 Å². The summed E-state index contributed by atoms with van der Waals surface area (Å²) in [6.07, 6.45) is 1.59. The van der Waals surface area contributed by atoms with Gasteiger partial charge < -0.3 is 14.6 Å². The molecule has 0 radical (unpaired) electrons. The molecule has 0 aromatic heterocycles. The first-order chi connectivity index (χ1) is 8.63. The quantitative estimate of drug-likeness (QED) is 0.800. The summed E-state index contributed by atoms with van der Waals surface area (Å²) in [5.74, 6) is -0.0794. The zero-order valence-electron chi connectivity index (χ0n) is 9.48.